The largest absolute Gasteiger partial charge is 0.493 e. The van der Waals surface area contributed by atoms with Gasteiger partial charge in [-0.2, -0.15) is 0 Å². The molecule has 9 nitrogen and oxygen atoms in total. The Kier molecular flexibility index (Phi) is 7.26. The molecule has 10 heteroatoms. The van der Waals surface area contributed by atoms with Crippen molar-refractivity contribution in [2.45, 2.75) is 20.5 Å². The number of anilines is 1. The Morgan fingerprint density at radius 3 is 2.56 bits per heavy atom. The number of fused-ring (bicyclic) bond motifs is 1. The minimum atomic E-state index is -0.573. The van der Waals surface area contributed by atoms with E-state index in [1.807, 2.05) is 0 Å². The van der Waals surface area contributed by atoms with Gasteiger partial charge in [-0.15, -0.1) is 11.3 Å². The van der Waals surface area contributed by atoms with Gasteiger partial charge in [0.05, 0.1) is 26.2 Å². The van der Waals surface area contributed by atoms with Crippen LogP contribution in [-0.4, -0.2) is 42.7 Å². The second-order valence-electron chi connectivity index (χ2n) is 6.54. The number of carbonyl (C=O) groups excluding carboxylic acids is 2. The Bertz CT molecular complexity index is 1190. The lowest BCUT2D eigenvalue weighted by Crippen LogP contribution is -2.06. The number of thiophene rings is 1. The zero-order valence-corrected chi connectivity index (χ0v) is 18.9. The number of aryl methyl sites for hydroxylation is 1. The molecule has 0 bridgehead atoms. The summed E-state index contributed by atoms with van der Waals surface area (Å²) in [5.74, 6) is 0.587. The number of methoxy groups -OCH3 is 2. The van der Waals surface area contributed by atoms with Crippen molar-refractivity contribution in [2.24, 2.45) is 0 Å². The highest BCUT2D eigenvalue weighted by atomic mass is 32.1. The van der Waals surface area contributed by atoms with Crippen molar-refractivity contribution in [1.29, 1.82) is 0 Å². The van der Waals surface area contributed by atoms with E-state index in [0.29, 0.717) is 32.2 Å². The lowest BCUT2D eigenvalue weighted by molar-refractivity contribution is -0.139. The fraction of sp³-hybridized carbons (Fsp3) is 0.273. The third-order valence-electron chi connectivity index (χ3n) is 4.49. The summed E-state index contributed by atoms with van der Waals surface area (Å²) in [6, 6.07) is 5.26. The van der Waals surface area contributed by atoms with Gasteiger partial charge in [0.2, 0.25) is 0 Å². The van der Waals surface area contributed by atoms with Gasteiger partial charge < -0.3 is 24.7 Å². The predicted octanol–water partition coefficient (Wildman–Crippen LogP) is 3.53. The molecule has 2 heterocycles. The van der Waals surface area contributed by atoms with Gasteiger partial charge in [-0.25, -0.2) is 19.6 Å². The fourth-order valence-corrected chi connectivity index (χ4v) is 4.08. The van der Waals surface area contributed by atoms with Crippen molar-refractivity contribution < 1.29 is 28.5 Å². The lowest BCUT2D eigenvalue weighted by Gasteiger charge is -2.07. The molecule has 0 saturated carbocycles. The Labute approximate surface area is 188 Å². The maximum Gasteiger partial charge on any atom is 0.348 e. The van der Waals surface area contributed by atoms with Crippen molar-refractivity contribution in [2.75, 3.05) is 26.6 Å². The Balaban J connectivity index is 1.71. The van der Waals surface area contributed by atoms with Gasteiger partial charge in [0.25, 0.3) is 0 Å². The zero-order chi connectivity index (χ0) is 23.3. The van der Waals surface area contributed by atoms with Crippen LogP contribution in [0.15, 0.2) is 24.3 Å². The van der Waals surface area contributed by atoms with E-state index in [0.717, 1.165) is 5.56 Å². The number of nitrogens with two attached hydrogens (primary N) is 1. The van der Waals surface area contributed by atoms with E-state index in [1.54, 1.807) is 45.2 Å². The van der Waals surface area contributed by atoms with Crippen molar-refractivity contribution in [3.05, 3.63) is 46.1 Å². The van der Waals surface area contributed by atoms with E-state index in [-0.39, 0.29) is 24.9 Å². The predicted molar refractivity (Wildman–Crippen MR) is 121 cm³/mol. The van der Waals surface area contributed by atoms with Crippen LogP contribution in [0, 0.1) is 6.92 Å². The molecule has 0 aliphatic carbocycles. The first-order valence-electron chi connectivity index (χ1n) is 9.67. The van der Waals surface area contributed by atoms with E-state index in [1.165, 1.54) is 24.5 Å². The van der Waals surface area contributed by atoms with Gasteiger partial charge in [0.1, 0.15) is 15.5 Å². The number of aromatic nitrogens is 2. The molecule has 2 N–H and O–H groups in total. The number of benzene rings is 1. The van der Waals surface area contributed by atoms with Gasteiger partial charge >= 0.3 is 11.9 Å². The number of carbonyl (C=O) groups is 2. The van der Waals surface area contributed by atoms with Gasteiger partial charge in [0.15, 0.2) is 23.9 Å². The molecular formula is C22H23N3O6S. The Hall–Kier alpha value is -3.66. The summed E-state index contributed by atoms with van der Waals surface area (Å²) in [6.07, 6.45) is 2.88. The average molecular weight is 458 g/mol. The van der Waals surface area contributed by atoms with Gasteiger partial charge in [-0.3, -0.25) is 0 Å². The van der Waals surface area contributed by atoms with Crippen LogP contribution in [0.5, 0.6) is 11.5 Å². The number of rotatable bonds is 8. The number of ether oxygens (including phenoxy) is 4. The third kappa shape index (κ3) is 4.97. The first-order valence-corrected chi connectivity index (χ1v) is 10.5. The SMILES string of the molecule is CCOC(=O)c1sc2nc(COC(=O)/C=C/c3ccc(OC)c(OC)c3)nc(N)c2c1C. The summed E-state index contributed by atoms with van der Waals surface area (Å²) in [6.45, 7) is 3.61. The molecule has 32 heavy (non-hydrogen) atoms. The standard InChI is InChI=1S/C22H23N3O6S/c1-5-30-22(27)19-12(2)18-20(23)24-16(25-21(18)32-19)11-31-17(26)9-7-13-6-8-14(28-3)15(10-13)29-4/h6-10H,5,11H2,1-4H3,(H2,23,24,25)/b9-7+. The molecule has 0 aliphatic rings. The molecule has 3 rings (SSSR count). The monoisotopic (exact) mass is 457 g/mol. The molecule has 0 saturated heterocycles. The highest BCUT2D eigenvalue weighted by Crippen LogP contribution is 2.33. The Morgan fingerprint density at radius 2 is 1.88 bits per heavy atom. The smallest absolute Gasteiger partial charge is 0.348 e. The molecular weight excluding hydrogens is 434 g/mol. The number of nitrogen functional groups attached to an aromatic ring is 1. The number of esters is 2. The summed E-state index contributed by atoms with van der Waals surface area (Å²) in [7, 11) is 3.08. The molecule has 1 aromatic carbocycles. The van der Waals surface area contributed by atoms with E-state index in [2.05, 4.69) is 9.97 Å². The van der Waals surface area contributed by atoms with E-state index >= 15 is 0 Å². The lowest BCUT2D eigenvalue weighted by atomic mass is 10.2. The molecule has 0 unspecified atom stereocenters. The normalized spacial score (nSPS) is 11.0. The highest BCUT2D eigenvalue weighted by Gasteiger charge is 2.20. The second-order valence-corrected chi connectivity index (χ2v) is 7.54. The maximum absolute atomic E-state index is 12.1. The van der Waals surface area contributed by atoms with Crippen LogP contribution in [0.25, 0.3) is 16.3 Å². The number of hydrogen-bond acceptors (Lipinski definition) is 10. The molecule has 2 aromatic heterocycles. The molecule has 168 valence electrons. The molecule has 3 aromatic rings. The van der Waals surface area contributed by atoms with Crippen molar-refractivity contribution >= 4 is 45.4 Å². The minimum absolute atomic E-state index is 0.166. The maximum atomic E-state index is 12.1. The van der Waals surface area contributed by atoms with Gasteiger partial charge in [-0.1, -0.05) is 6.07 Å². The average Bonchev–Trinajstić information content (AvgIpc) is 3.13. The number of hydrogen-bond donors (Lipinski definition) is 1. The summed E-state index contributed by atoms with van der Waals surface area (Å²) in [5, 5.41) is 0.599. The second kappa shape index (κ2) is 10.1. The zero-order valence-electron chi connectivity index (χ0n) is 18.1. The minimum Gasteiger partial charge on any atom is -0.493 e. The van der Waals surface area contributed by atoms with Crippen molar-refractivity contribution in [3.8, 4) is 11.5 Å². The summed E-state index contributed by atoms with van der Waals surface area (Å²) < 4.78 is 20.7. The third-order valence-corrected chi connectivity index (χ3v) is 5.65. The van der Waals surface area contributed by atoms with Crippen LogP contribution < -0.4 is 15.2 Å². The Morgan fingerprint density at radius 1 is 1.12 bits per heavy atom. The number of nitrogens with zero attached hydrogens (tertiary/aromatic N) is 2. The van der Waals surface area contributed by atoms with Crippen LogP contribution in [0.4, 0.5) is 5.82 Å². The summed E-state index contributed by atoms with van der Waals surface area (Å²) >= 11 is 1.17. The van der Waals surface area contributed by atoms with Crippen molar-refractivity contribution in [3.63, 3.8) is 0 Å². The molecule has 0 spiro atoms. The molecule has 0 fully saturated rings. The molecule has 0 radical (unpaired) electrons. The summed E-state index contributed by atoms with van der Waals surface area (Å²) in [4.78, 5) is 33.8. The molecule has 0 atom stereocenters. The topological polar surface area (TPSA) is 123 Å². The van der Waals surface area contributed by atoms with Crippen LogP contribution in [-0.2, 0) is 20.9 Å². The quantitative estimate of drug-likeness (QED) is 0.400. The van der Waals surface area contributed by atoms with Gasteiger partial charge in [0, 0.05) is 6.08 Å². The van der Waals surface area contributed by atoms with E-state index in [4.69, 9.17) is 24.7 Å². The van der Waals surface area contributed by atoms with E-state index in [9.17, 15) is 9.59 Å². The van der Waals surface area contributed by atoms with Crippen LogP contribution in [0.2, 0.25) is 0 Å². The van der Waals surface area contributed by atoms with Gasteiger partial charge in [-0.05, 0) is 43.2 Å². The van der Waals surface area contributed by atoms with Crippen LogP contribution in [0.1, 0.15) is 33.5 Å². The summed E-state index contributed by atoms with van der Waals surface area (Å²) in [5.41, 5.74) is 7.47. The van der Waals surface area contributed by atoms with Crippen LogP contribution in [0.3, 0.4) is 0 Å². The highest BCUT2D eigenvalue weighted by molar-refractivity contribution is 7.20. The molecule has 0 amide bonds. The van der Waals surface area contributed by atoms with E-state index < -0.39 is 11.9 Å². The van der Waals surface area contributed by atoms with Crippen molar-refractivity contribution in [1.82, 2.24) is 9.97 Å². The first-order chi connectivity index (χ1) is 15.4. The first kappa shape index (κ1) is 23.0. The fourth-order valence-electron chi connectivity index (χ4n) is 2.98. The van der Waals surface area contributed by atoms with Crippen LogP contribution >= 0.6 is 11.3 Å². The molecule has 0 aliphatic heterocycles.